The van der Waals surface area contributed by atoms with E-state index in [0.717, 1.165) is 32.1 Å². The topological polar surface area (TPSA) is 35.5 Å². The lowest BCUT2D eigenvalue weighted by molar-refractivity contribution is -0.351. The van der Waals surface area contributed by atoms with E-state index in [-0.39, 0.29) is 16.6 Å². The molecule has 3 heterocycles. The van der Waals surface area contributed by atoms with Crippen LogP contribution in [0.1, 0.15) is 58.8 Å². The quantitative estimate of drug-likeness (QED) is 0.673. The van der Waals surface area contributed by atoms with Crippen LogP contribution >= 0.6 is 0 Å². The predicted molar refractivity (Wildman–Crippen MR) is 68.5 cm³/mol. The Morgan fingerprint density at radius 3 is 2.84 bits per heavy atom. The highest BCUT2D eigenvalue weighted by Gasteiger charge is 2.85. The third-order valence-electron chi connectivity index (χ3n) is 7.21. The van der Waals surface area contributed by atoms with Crippen molar-refractivity contribution in [1.82, 2.24) is 0 Å². The molecule has 6 atom stereocenters. The van der Waals surface area contributed by atoms with Crippen molar-refractivity contribution in [3.05, 3.63) is 0 Å². The number of Topliss-reactive ketones (excluding diaryl/α,β-unsaturated/α-hetero) is 1. The average Bonchev–Trinajstić information content (AvgIpc) is 2.84. The van der Waals surface area contributed by atoms with Crippen molar-refractivity contribution in [2.45, 2.75) is 75.8 Å². The molecule has 0 amide bonds. The number of ketones is 1. The first-order valence-electron chi connectivity index (χ1n) is 7.90. The van der Waals surface area contributed by atoms with Gasteiger partial charge in [0.1, 0.15) is 5.78 Å². The summed E-state index contributed by atoms with van der Waals surface area (Å²) in [7, 11) is 0. The van der Waals surface area contributed by atoms with Crippen LogP contribution < -0.4 is 0 Å². The maximum absolute atomic E-state index is 12.7. The normalized spacial score (nSPS) is 65.5. The van der Waals surface area contributed by atoms with E-state index in [9.17, 15) is 4.79 Å². The minimum atomic E-state index is -0.549. The summed E-state index contributed by atoms with van der Waals surface area (Å²) in [4.78, 5) is 12.7. The van der Waals surface area contributed by atoms with E-state index >= 15 is 0 Å². The highest BCUT2D eigenvalue weighted by Crippen LogP contribution is 2.77. The molecule has 3 saturated carbocycles. The maximum atomic E-state index is 12.7. The molecule has 6 aliphatic rings. The van der Waals surface area contributed by atoms with Crippen LogP contribution in [0.3, 0.4) is 0 Å². The van der Waals surface area contributed by atoms with Gasteiger partial charge in [-0.3, -0.25) is 4.79 Å². The molecule has 6 rings (SSSR count). The number of carbonyl (C=O) groups excluding carboxylic acids is 1. The monoisotopic (exact) mass is 262 g/mol. The van der Waals surface area contributed by atoms with Crippen molar-refractivity contribution in [2.75, 3.05) is 0 Å². The van der Waals surface area contributed by atoms with E-state index in [2.05, 4.69) is 13.8 Å². The van der Waals surface area contributed by atoms with Gasteiger partial charge in [-0.2, -0.15) is 0 Å². The van der Waals surface area contributed by atoms with Crippen molar-refractivity contribution in [3.63, 3.8) is 0 Å². The van der Waals surface area contributed by atoms with Crippen molar-refractivity contribution < 1.29 is 14.3 Å². The second kappa shape index (κ2) is 2.80. The Morgan fingerprint density at radius 1 is 1.21 bits per heavy atom. The van der Waals surface area contributed by atoms with Gasteiger partial charge in [-0.05, 0) is 44.9 Å². The molecule has 0 radical (unpaired) electrons. The number of ether oxygens (including phenoxy) is 2. The zero-order valence-electron chi connectivity index (χ0n) is 11.8. The summed E-state index contributed by atoms with van der Waals surface area (Å²) in [5.41, 5.74) is -0.457. The molecule has 3 heteroatoms. The van der Waals surface area contributed by atoms with Gasteiger partial charge < -0.3 is 9.47 Å². The first-order chi connectivity index (χ1) is 8.97. The first kappa shape index (κ1) is 11.3. The van der Waals surface area contributed by atoms with Crippen LogP contribution in [-0.4, -0.2) is 22.8 Å². The van der Waals surface area contributed by atoms with E-state index in [0.29, 0.717) is 17.6 Å². The summed E-state index contributed by atoms with van der Waals surface area (Å²) >= 11 is 0. The molecule has 0 aromatic rings. The number of hydrogen-bond donors (Lipinski definition) is 0. The molecule has 3 nitrogen and oxygen atoms in total. The molecule has 4 bridgehead atoms. The summed E-state index contributed by atoms with van der Waals surface area (Å²) in [5, 5.41) is 0. The van der Waals surface area contributed by atoms with E-state index in [1.165, 1.54) is 12.8 Å². The molecule has 0 N–H and O–H groups in total. The van der Waals surface area contributed by atoms with Gasteiger partial charge in [0.05, 0.1) is 16.6 Å². The molecule has 6 fully saturated rings. The largest absolute Gasteiger partial charge is 0.342 e. The van der Waals surface area contributed by atoms with E-state index < -0.39 is 5.79 Å². The Kier molecular flexibility index (Phi) is 1.66. The molecule has 3 spiro atoms. The van der Waals surface area contributed by atoms with Gasteiger partial charge in [0.15, 0.2) is 5.79 Å². The first-order valence-corrected chi connectivity index (χ1v) is 7.90. The standard InChI is InChI=1S/C16H22O3/c1-10-5-6-11-13(2)8-14-9-15(10,11)19-16(14,18-13)7-3-4-12(14)17/h10-11H,3-9H2,1-2H3. The molecule has 3 aliphatic carbocycles. The third kappa shape index (κ3) is 0.909. The minimum absolute atomic E-state index is 0.0503. The zero-order chi connectivity index (χ0) is 13.1. The van der Waals surface area contributed by atoms with Crippen LogP contribution in [0.15, 0.2) is 0 Å². The summed E-state index contributed by atoms with van der Waals surface area (Å²) in [5.74, 6) is 0.960. The van der Waals surface area contributed by atoms with Gasteiger partial charge >= 0.3 is 0 Å². The molecule has 3 aliphatic heterocycles. The highest BCUT2D eigenvalue weighted by atomic mass is 16.7. The molecule has 0 aromatic heterocycles. The van der Waals surface area contributed by atoms with Crippen molar-refractivity contribution in [3.8, 4) is 0 Å². The molecule has 6 unspecified atom stereocenters. The summed E-state index contributed by atoms with van der Waals surface area (Å²) in [6, 6.07) is 0. The predicted octanol–water partition coefficient (Wildman–Crippen LogP) is 2.82. The van der Waals surface area contributed by atoms with E-state index in [1.54, 1.807) is 0 Å². The molecular weight excluding hydrogens is 240 g/mol. The number of carbonyl (C=O) groups is 1. The summed E-state index contributed by atoms with van der Waals surface area (Å²) < 4.78 is 13.2. The summed E-state index contributed by atoms with van der Waals surface area (Å²) in [6.07, 6.45) is 6.89. The van der Waals surface area contributed by atoms with Crippen LogP contribution in [-0.2, 0) is 14.3 Å². The Labute approximate surface area is 114 Å². The lowest BCUT2D eigenvalue weighted by atomic mass is 9.56. The van der Waals surface area contributed by atoms with E-state index in [4.69, 9.17) is 9.47 Å². The molecule has 0 aromatic carbocycles. The van der Waals surface area contributed by atoms with Gasteiger partial charge in [0.2, 0.25) is 0 Å². The van der Waals surface area contributed by atoms with Crippen molar-refractivity contribution in [2.24, 2.45) is 17.3 Å². The fourth-order valence-corrected chi connectivity index (χ4v) is 6.58. The molecule has 19 heavy (non-hydrogen) atoms. The van der Waals surface area contributed by atoms with Gasteiger partial charge in [0.25, 0.3) is 0 Å². The molecular formula is C16H22O3. The Balaban J connectivity index is 1.76. The zero-order valence-corrected chi connectivity index (χ0v) is 11.8. The second-order valence-electron chi connectivity index (χ2n) is 7.97. The molecule has 3 saturated heterocycles. The van der Waals surface area contributed by atoms with Gasteiger partial charge in [-0.25, -0.2) is 0 Å². The van der Waals surface area contributed by atoms with E-state index in [1.807, 2.05) is 0 Å². The third-order valence-corrected chi connectivity index (χ3v) is 7.21. The van der Waals surface area contributed by atoms with Crippen molar-refractivity contribution in [1.29, 1.82) is 0 Å². The van der Waals surface area contributed by atoms with Crippen LogP contribution in [0.4, 0.5) is 0 Å². The fourth-order valence-electron chi connectivity index (χ4n) is 6.58. The fraction of sp³-hybridized carbons (Fsp3) is 0.938. The Morgan fingerprint density at radius 2 is 2.05 bits per heavy atom. The Hall–Kier alpha value is -0.410. The lowest BCUT2D eigenvalue weighted by Gasteiger charge is -2.51. The number of hydrogen-bond acceptors (Lipinski definition) is 3. The van der Waals surface area contributed by atoms with Crippen LogP contribution in [0, 0.1) is 17.3 Å². The second-order valence-corrected chi connectivity index (χ2v) is 7.97. The highest BCUT2D eigenvalue weighted by molar-refractivity contribution is 5.88. The van der Waals surface area contributed by atoms with Crippen LogP contribution in [0.25, 0.3) is 0 Å². The minimum Gasteiger partial charge on any atom is -0.342 e. The van der Waals surface area contributed by atoms with Crippen molar-refractivity contribution >= 4 is 5.78 Å². The van der Waals surface area contributed by atoms with Gasteiger partial charge in [-0.15, -0.1) is 0 Å². The maximum Gasteiger partial charge on any atom is 0.182 e. The Bertz CT molecular complexity index is 502. The number of rotatable bonds is 0. The van der Waals surface area contributed by atoms with Crippen LogP contribution in [0.5, 0.6) is 0 Å². The van der Waals surface area contributed by atoms with Gasteiger partial charge in [0, 0.05) is 18.8 Å². The lowest BCUT2D eigenvalue weighted by Crippen LogP contribution is -2.57. The molecule has 104 valence electrons. The van der Waals surface area contributed by atoms with Gasteiger partial charge in [-0.1, -0.05) is 6.92 Å². The SMILES string of the molecule is CC1CCC2C3(C)CC45CC12OC4(CCCC5=O)O3. The summed E-state index contributed by atoms with van der Waals surface area (Å²) in [6.45, 7) is 4.57. The average molecular weight is 262 g/mol. The smallest absolute Gasteiger partial charge is 0.182 e. The van der Waals surface area contributed by atoms with Crippen LogP contribution in [0.2, 0.25) is 0 Å².